The minimum atomic E-state index is 1.02. The van der Waals surface area contributed by atoms with Gasteiger partial charge >= 0.3 is 0 Å². The molecule has 1 N–H and O–H groups in total. The summed E-state index contributed by atoms with van der Waals surface area (Å²) in [5.41, 5.74) is 6.50. The van der Waals surface area contributed by atoms with Gasteiger partial charge in [-0.2, -0.15) is 0 Å². The first-order valence-electron chi connectivity index (χ1n) is 8.06. The molecule has 0 fully saturated rings. The molecule has 0 amide bonds. The third-order valence-electron chi connectivity index (χ3n) is 4.27. The Balaban J connectivity index is 2.26. The van der Waals surface area contributed by atoms with Gasteiger partial charge in [-0.05, 0) is 78.2 Å². The molecule has 1 aliphatic rings. The van der Waals surface area contributed by atoms with Crippen LogP contribution in [0.1, 0.15) is 49.4 Å². The summed E-state index contributed by atoms with van der Waals surface area (Å²) in [5, 5.41) is 4.96. The fraction of sp³-hybridized carbons (Fsp3) is 0.500. The van der Waals surface area contributed by atoms with Crippen LogP contribution in [0.2, 0.25) is 0 Å². The van der Waals surface area contributed by atoms with E-state index in [1.807, 2.05) is 0 Å². The number of nitrogens with one attached hydrogen (secondary N) is 1. The number of benzene rings is 1. The maximum Gasteiger partial charge on any atom is 0.0868 e. The van der Waals surface area contributed by atoms with Crippen molar-refractivity contribution in [1.82, 2.24) is 4.98 Å². The Labute approximate surface area is 135 Å². The Morgan fingerprint density at radius 1 is 1.19 bits per heavy atom. The third kappa shape index (κ3) is 2.94. The predicted molar refractivity (Wildman–Crippen MR) is 94.2 cm³/mol. The minimum absolute atomic E-state index is 1.02. The molecular formula is C18H23BrN2. The van der Waals surface area contributed by atoms with Crippen molar-refractivity contribution in [1.29, 1.82) is 0 Å². The second-order valence-corrected chi connectivity index (χ2v) is 6.90. The van der Waals surface area contributed by atoms with Gasteiger partial charge in [-0.1, -0.05) is 13.3 Å². The molecule has 2 aromatic rings. The summed E-state index contributed by atoms with van der Waals surface area (Å²) < 4.78 is 1.11. The SMILES string of the molecule is CCCNc1c2c(nc3c(Br)cc(C)cc13)CCCCC2. The zero-order chi connectivity index (χ0) is 14.8. The Hall–Kier alpha value is -1.09. The molecular weight excluding hydrogens is 324 g/mol. The molecule has 0 radical (unpaired) electrons. The van der Waals surface area contributed by atoms with Gasteiger partial charge in [0.2, 0.25) is 0 Å². The molecule has 1 aromatic heterocycles. The van der Waals surface area contributed by atoms with Crippen molar-refractivity contribution in [3.63, 3.8) is 0 Å². The molecule has 0 bridgehead atoms. The molecule has 2 nitrogen and oxygen atoms in total. The summed E-state index contributed by atoms with van der Waals surface area (Å²) in [6.45, 7) is 5.40. The van der Waals surface area contributed by atoms with Gasteiger partial charge in [-0.25, -0.2) is 0 Å². The van der Waals surface area contributed by atoms with E-state index < -0.39 is 0 Å². The van der Waals surface area contributed by atoms with Crippen LogP contribution in [-0.2, 0) is 12.8 Å². The molecule has 1 aromatic carbocycles. The van der Waals surface area contributed by atoms with Crippen LogP contribution in [0.4, 0.5) is 5.69 Å². The second-order valence-electron chi connectivity index (χ2n) is 6.04. The molecule has 3 heteroatoms. The number of hydrogen-bond donors (Lipinski definition) is 1. The van der Waals surface area contributed by atoms with Crippen molar-refractivity contribution in [3.05, 3.63) is 33.4 Å². The van der Waals surface area contributed by atoms with Crippen molar-refractivity contribution in [3.8, 4) is 0 Å². The monoisotopic (exact) mass is 346 g/mol. The highest BCUT2D eigenvalue weighted by Gasteiger charge is 2.18. The Morgan fingerprint density at radius 2 is 2.00 bits per heavy atom. The van der Waals surface area contributed by atoms with E-state index in [-0.39, 0.29) is 0 Å². The number of rotatable bonds is 3. The van der Waals surface area contributed by atoms with Gasteiger partial charge in [-0.3, -0.25) is 4.98 Å². The van der Waals surface area contributed by atoms with E-state index in [4.69, 9.17) is 4.98 Å². The van der Waals surface area contributed by atoms with Crippen LogP contribution in [0.25, 0.3) is 10.9 Å². The molecule has 0 saturated carbocycles. The maximum absolute atomic E-state index is 5.00. The normalized spacial score (nSPS) is 14.8. The Morgan fingerprint density at radius 3 is 2.81 bits per heavy atom. The number of aryl methyl sites for hydroxylation is 2. The highest BCUT2D eigenvalue weighted by Crippen LogP contribution is 2.36. The zero-order valence-corrected chi connectivity index (χ0v) is 14.5. The highest BCUT2D eigenvalue weighted by atomic mass is 79.9. The fourth-order valence-corrected chi connectivity index (χ4v) is 3.91. The standard InChI is InChI=1S/C18H23BrN2/c1-3-9-20-17-13-7-5-4-6-8-16(13)21-18-14(17)10-12(2)11-15(18)19/h10-11H,3-9H2,1-2H3,(H,20,21). The van der Waals surface area contributed by atoms with Crippen molar-refractivity contribution < 1.29 is 0 Å². The smallest absolute Gasteiger partial charge is 0.0868 e. The van der Waals surface area contributed by atoms with Gasteiger partial charge in [0.05, 0.1) is 5.52 Å². The summed E-state index contributed by atoms with van der Waals surface area (Å²) in [5.74, 6) is 0. The van der Waals surface area contributed by atoms with Crippen molar-refractivity contribution >= 4 is 32.5 Å². The third-order valence-corrected chi connectivity index (χ3v) is 4.87. The van der Waals surface area contributed by atoms with Crippen LogP contribution in [-0.4, -0.2) is 11.5 Å². The van der Waals surface area contributed by atoms with Gasteiger partial charge in [-0.15, -0.1) is 0 Å². The summed E-state index contributed by atoms with van der Waals surface area (Å²) in [6.07, 6.45) is 7.30. The molecule has 0 atom stereocenters. The van der Waals surface area contributed by atoms with Gasteiger partial charge in [0.15, 0.2) is 0 Å². The van der Waals surface area contributed by atoms with Crippen LogP contribution in [0.5, 0.6) is 0 Å². The molecule has 0 saturated heterocycles. The number of nitrogens with zero attached hydrogens (tertiary/aromatic N) is 1. The molecule has 0 unspecified atom stereocenters. The molecule has 0 spiro atoms. The van der Waals surface area contributed by atoms with E-state index in [1.165, 1.54) is 47.2 Å². The maximum atomic E-state index is 5.00. The van der Waals surface area contributed by atoms with E-state index in [1.54, 1.807) is 0 Å². The average Bonchev–Trinajstić information content (AvgIpc) is 2.69. The quantitative estimate of drug-likeness (QED) is 0.753. The molecule has 1 heterocycles. The Bertz CT molecular complexity index is 664. The van der Waals surface area contributed by atoms with Crippen molar-refractivity contribution in [2.24, 2.45) is 0 Å². The lowest BCUT2D eigenvalue weighted by atomic mass is 10.0. The van der Waals surface area contributed by atoms with E-state index in [2.05, 4.69) is 47.2 Å². The van der Waals surface area contributed by atoms with Crippen LogP contribution in [0.3, 0.4) is 0 Å². The lowest BCUT2D eigenvalue weighted by Crippen LogP contribution is -2.08. The van der Waals surface area contributed by atoms with Gasteiger partial charge in [0.25, 0.3) is 0 Å². The lowest BCUT2D eigenvalue weighted by Gasteiger charge is -2.18. The average molecular weight is 347 g/mol. The van der Waals surface area contributed by atoms with E-state index in [9.17, 15) is 0 Å². The summed E-state index contributed by atoms with van der Waals surface area (Å²) in [7, 11) is 0. The van der Waals surface area contributed by atoms with Crippen LogP contribution in [0.15, 0.2) is 16.6 Å². The largest absolute Gasteiger partial charge is 0.384 e. The molecule has 21 heavy (non-hydrogen) atoms. The van der Waals surface area contributed by atoms with Crippen molar-refractivity contribution in [2.75, 3.05) is 11.9 Å². The van der Waals surface area contributed by atoms with E-state index in [0.29, 0.717) is 0 Å². The van der Waals surface area contributed by atoms with Crippen LogP contribution >= 0.6 is 15.9 Å². The second kappa shape index (κ2) is 6.35. The molecule has 0 aliphatic heterocycles. The van der Waals surface area contributed by atoms with Gasteiger partial charge in [0.1, 0.15) is 0 Å². The van der Waals surface area contributed by atoms with Crippen molar-refractivity contribution in [2.45, 2.75) is 52.4 Å². The zero-order valence-electron chi connectivity index (χ0n) is 12.9. The van der Waals surface area contributed by atoms with Gasteiger partial charge in [0, 0.05) is 27.8 Å². The predicted octanol–water partition coefficient (Wildman–Crippen LogP) is 5.40. The summed E-state index contributed by atoms with van der Waals surface area (Å²) in [6, 6.07) is 4.44. The molecule has 3 rings (SSSR count). The molecule has 1 aliphatic carbocycles. The first kappa shape index (κ1) is 14.8. The number of aromatic nitrogens is 1. The van der Waals surface area contributed by atoms with Crippen LogP contribution < -0.4 is 5.32 Å². The highest BCUT2D eigenvalue weighted by molar-refractivity contribution is 9.10. The number of hydrogen-bond acceptors (Lipinski definition) is 2. The summed E-state index contributed by atoms with van der Waals surface area (Å²) in [4.78, 5) is 5.00. The van der Waals surface area contributed by atoms with E-state index in [0.717, 1.165) is 35.8 Å². The number of halogens is 1. The Kier molecular flexibility index (Phi) is 4.48. The van der Waals surface area contributed by atoms with Gasteiger partial charge < -0.3 is 5.32 Å². The number of pyridine rings is 1. The fourth-order valence-electron chi connectivity index (χ4n) is 3.25. The first-order chi connectivity index (χ1) is 10.2. The van der Waals surface area contributed by atoms with E-state index >= 15 is 0 Å². The number of anilines is 1. The summed E-state index contributed by atoms with van der Waals surface area (Å²) >= 11 is 3.71. The number of fused-ring (bicyclic) bond motifs is 2. The van der Waals surface area contributed by atoms with Crippen LogP contribution in [0, 0.1) is 6.92 Å². The molecule has 112 valence electrons. The minimum Gasteiger partial charge on any atom is -0.384 e. The topological polar surface area (TPSA) is 24.9 Å². The lowest BCUT2D eigenvalue weighted by molar-refractivity contribution is 0.709. The first-order valence-corrected chi connectivity index (χ1v) is 8.85.